The maximum atomic E-state index is 12.6. The molecule has 1 N–H and O–H groups in total. The highest BCUT2D eigenvalue weighted by Crippen LogP contribution is 2.39. The van der Waals surface area contributed by atoms with Gasteiger partial charge in [0.2, 0.25) is 0 Å². The van der Waals surface area contributed by atoms with Crippen LogP contribution in [0, 0.1) is 0 Å². The van der Waals surface area contributed by atoms with Crippen molar-refractivity contribution in [1.29, 1.82) is 0 Å². The quantitative estimate of drug-likeness (QED) is 0.734. The Morgan fingerprint density at radius 2 is 2.18 bits per heavy atom. The summed E-state index contributed by atoms with van der Waals surface area (Å²) in [5, 5.41) is 2.99. The van der Waals surface area contributed by atoms with E-state index in [0.717, 1.165) is 29.1 Å². The van der Waals surface area contributed by atoms with Crippen molar-refractivity contribution in [2.75, 3.05) is 27.3 Å². The fourth-order valence-corrected chi connectivity index (χ4v) is 3.74. The zero-order valence-electron chi connectivity index (χ0n) is 16.0. The summed E-state index contributed by atoms with van der Waals surface area (Å²) >= 11 is 0. The van der Waals surface area contributed by atoms with Crippen molar-refractivity contribution >= 4 is 11.7 Å². The van der Waals surface area contributed by atoms with E-state index in [1.165, 1.54) is 0 Å². The first-order chi connectivity index (χ1) is 13.7. The second kappa shape index (κ2) is 7.75. The number of ether oxygens (including phenoxy) is 2. The minimum absolute atomic E-state index is 0.0756. The molecule has 1 aliphatic rings. The van der Waals surface area contributed by atoms with Crippen LogP contribution in [0.1, 0.15) is 23.6 Å². The molecule has 8 nitrogen and oxygen atoms in total. The summed E-state index contributed by atoms with van der Waals surface area (Å²) in [5.74, 6) is 1.68. The number of hydrogen-bond acceptors (Lipinski definition) is 5. The van der Waals surface area contributed by atoms with Gasteiger partial charge in [-0.2, -0.15) is 0 Å². The van der Waals surface area contributed by atoms with E-state index in [0.29, 0.717) is 25.4 Å². The third-order valence-corrected chi connectivity index (χ3v) is 5.16. The fraction of sp³-hybridized carbons (Fsp3) is 0.350. The lowest BCUT2D eigenvalue weighted by Gasteiger charge is -2.19. The lowest BCUT2D eigenvalue weighted by Crippen LogP contribution is -2.38. The molecule has 0 saturated carbocycles. The highest BCUT2D eigenvalue weighted by molar-refractivity contribution is 5.74. The molecule has 3 heterocycles. The number of carbonyl (C=O) groups excluding carboxylic acids is 1. The molecule has 2 aromatic heterocycles. The standard InChI is InChI=1S/C20H23N5O3/c1-27-17-5-3-4-16(19(17)28-2)14-6-8-24(13-14)20(26)23-11-15-10-22-18-12-21-7-9-25(15)18/h3-5,7,9-10,12,14H,6,8,11,13H2,1-2H3,(H,23,26)/t14-/m1/s1. The van der Waals surface area contributed by atoms with Crippen LogP contribution in [0.15, 0.2) is 43.0 Å². The van der Waals surface area contributed by atoms with Crippen molar-refractivity contribution in [1.82, 2.24) is 24.6 Å². The molecule has 0 spiro atoms. The van der Waals surface area contributed by atoms with E-state index in [9.17, 15) is 4.79 Å². The van der Waals surface area contributed by atoms with Gasteiger partial charge in [-0.1, -0.05) is 12.1 Å². The van der Waals surface area contributed by atoms with Gasteiger partial charge in [0.1, 0.15) is 0 Å². The molecule has 2 amide bonds. The molecule has 1 aliphatic heterocycles. The van der Waals surface area contributed by atoms with Crippen LogP contribution in [-0.4, -0.2) is 52.6 Å². The number of nitrogens with one attached hydrogen (secondary N) is 1. The summed E-state index contributed by atoms with van der Waals surface area (Å²) in [6.07, 6.45) is 7.87. The number of hydrogen-bond donors (Lipinski definition) is 1. The van der Waals surface area contributed by atoms with Crippen LogP contribution in [0.5, 0.6) is 11.5 Å². The monoisotopic (exact) mass is 381 g/mol. The SMILES string of the molecule is COc1cccc([C@@H]2CCN(C(=O)NCc3cnc4cnccn34)C2)c1OC. The molecular weight excluding hydrogens is 358 g/mol. The lowest BCUT2D eigenvalue weighted by atomic mass is 9.97. The maximum Gasteiger partial charge on any atom is 0.317 e. The minimum atomic E-state index is -0.0756. The van der Waals surface area contributed by atoms with Crippen molar-refractivity contribution in [2.45, 2.75) is 18.9 Å². The van der Waals surface area contributed by atoms with Crippen molar-refractivity contribution in [3.05, 3.63) is 54.2 Å². The number of urea groups is 1. The Labute approximate surface area is 163 Å². The van der Waals surface area contributed by atoms with E-state index in [1.807, 2.05) is 33.7 Å². The van der Waals surface area contributed by atoms with Gasteiger partial charge in [0.15, 0.2) is 17.1 Å². The summed E-state index contributed by atoms with van der Waals surface area (Å²) < 4.78 is 12.9. The molecular formula is C20H23N5O3. The van der Waals surface area contributed by atoms with E-state index in [4.69, 9.17) is 9.47 Å². The molecule has 1 fully saturated rings. The Balaban J connectivity index is 1.41. The Hall–Kier alpha value is -3.29. The first-order valence-electron chi connectivity index (χ1n) is 9.21. The summed E-state index contributed by atoms with van der Waals surface area (Å²) in [4.78, 5) is 22.8. The maximum absolute atomic E-state index is 12.6. The zero-order chi connectivity index (χ0) is 19.5. The first kappa shape index (κ1) is 18.1. The highest BCUT2D eigenvalue weighted by atomic mass is 16.5. The normalized spacial score (nSPS) is 16.4. The summed E-state index contributed by atoms with van der Waals surface area (Å²) in [5.41, 5.74) is 2.75. The molecule has 1 aromatic carbocycles. The largest absolute Gasteiger partial charge is 0.493 e. The summed E-state index contributed by atoms with van der Waals surface area (Å²) in [6, 6.07) is 5.81. The molecule has 1 atom stereocenters. The van der Waals surface area contributed by atoms with E-state index in [2.05, 4.69) is 15.3 Å². The van der Waals surface area contributed by atoms with Crippen molar-refractivity contribution in [3.63, 3.8) is 0 Å². The van der Waals surface area contributed by atoms with Crippen LogP contribution in [0.4, 0.5) is 4.79 Å². The van der Waals surface area contributed by atoms with Crippen LogP contribution in [0.25, 0.3) is 5.65 Å². The van der Waals surface area contributed by atoms with Gasteiger partial charge in [-0.15, -0.1) is 0 Å². The number of imidazole rings is 1. The Morgan fingerprint density at radius 3 is 3.00 bits per heavy atom. The average Bonchev–Trinajstić information content (AvgIpc) is 3.39. The second-order valence-electron chi connectivity index (χ2n) is 6.73. The zero-order valence-corrected chi connectivity index (χ0v) is 16.0. The van der Waals surface area contributed by atoms with Crippen LogP contribution in [0.2, 0.25) is 0 Å². The molecule has 0 aliphatic carbocycles. The number of para-hydroxylation sites is 1. The van der Waals surface area contributed by atoms with Crippen molar-refractivity contribution in [3.8, 4) is 11.5 Å². The Bertz CT molecular complexity index is 987. The molecule has 28 heavy (non-hydrogen) atoms. The first-order valence-corrected chi connectivity index (χ1v) is 9.21. The van der Waals surface area contributed by atoms with Gasteiger partial charge in [0.25, 0.3) is 0 Å². The topological polar surface area (TPSA) is 81.0 Å². The average molecular weight is 381 g/mol. The highest BCUT2D eigenvalue weighted by Gasteiger charge is 2.30. The van der Waals surface area contributed by atoms with Crippen LogP contribution in [-0.2, 0) is 6.54 Å². The van der Waals surface area contributed by atoms with Gasteiger partial charge in [-0.05, 0) is 12.5 Å². The summed E-state index contributed by atoms with van der Waals surface area (Å²) in [7, 11) is 3.28. The number of aromatic nitrogens is 3. The van der Waals surface area contributed by atoms with Gasteiger partial charge in [-0.25, -0.2) is 9.78 Å². The smallest absolute Gasteiger partial charge is 0.317 e. The molecule has 8 heteroatoms. The fourth-order valence-electron chi connectivity index (χ4n) is 3.74. The number of benzene rings is 1. The number of nitrogens with zero attached hydrogens (tertiary/aromatic N) is 4. The predicted molar refractivity (Wildman–Crippen MR) is 104 cm³/mol. The van der Waals surface area contributed by atoms with Gasteiger partial charge in [-0.3, -0.25) is 9.38 Å². The third-order valence-electron chi connectivity index (χ3n) is 5.16. The third kappa shape index (κ3) is 3.33. The number of likely N-dealkylation sites (tertiary alicyclic amines) is 1. The molecule has 3 aromatic rings. The van der Waals surface area contributed by atoms with E-state index >= 15 is 0 Å². The van der Waals surface area contributed by atoms with Gasteiger partial charge in [0, 0.05) is 37.0 Å². The van der Waals surface area contributed by atoms with Crippen LogP contribution >= 0.6 is 0 Å². The molecule has 1 saturated heterocycles. The van der Waals surface area contributed by atoms with E-state index in [1.54, 1.807) is 32.8 Å². The number of fused-ring (bicyclic) bond motifs is 1. The van der Waals surface area contributed by atoms with E-state index < -0.39 is 0 Å². The van der Waals surface area contributed by atoms with Crippen LogP contribution in [0.3, 0.4) is 0 Å². The predicted octanol–water partition coefficient (Wildman–Crippen LogP) is 2.45. The molecule has 146 valence electrons. The number of carbonyl (C=O) groups is 1. The molecule has 4 rings (SSSR count). The van der Waals surface area contributed by atoms with Gasteiger partial charge < -0.3 is 19.7 Å². The van der Waals surface area contributed by atoms with Crippen molar-refractivity contribution < 1.29 is 14.3 Å². The van der Waals surface area contributed by atoms with Crippen molar-refractivity contribution in [2.24, 2.45) is 0 Å². The van der Waals surface area contributed by atoms with E-state index in [-0.39, 0.29) is 11.9 Å². The second-order valence-corrected chi connectivity index (χ2v) is 6.73. The molecule has 0 bridgehead atoms. The number of amides is 2. The van der Waals surface area contributed by atoms with Gasteiger partial charge >= 0.3 is 6.03 Å². The van der Waals surface area contributed by atoms with Crippen LogP contribution < -0.4 is 14.8 Å². The Kier molecular flexibility index (Phi) is 5.01. The number of methoxy groups -OCH3 is 2. The minimum Gasteiger partial charge on any atom is -0.493 e. The molecule has 0 unspecified atom stereocenters. The number of rotatable bonds is 5. The lowest BCUT2D eigenvalue weighted by molar-refractivity contribution is 0.207. The summed E-state index contributed by atoms with van der Waals surface area (Å²) in [6.45, 7) is 1.76. The Morgan fingerprint density at radius 1 is 1.29 bits per heavy atom. The molecule has 0 radical (unpaired) electrons. The van der Waals surface area contributed by atoms with Gasteiger partial charge in [0.05, 0.1) is 38.9 Å².